The Morgan fingerprint density at radius 1 is 1.22 bits per heavy atom. The van der Waals surface area contributed by atoms with Crippen LogP contribution < -0.4 is 15.0 Å². The molecule has 94 valence electrons. The topological polar surface area (TPSA) is 50.3 Å². The normalized spacial score (nSPS) is 15.9. The van der Waals surface area contributed by atoms with Crippen LogP contribution in [0.3, 0.4) is 0 Å². The van der Waals surface area contributed by atoms with Crippen molar-refractivity contribution >= 4 is 16.7 Å². The van der Waals surface area contributed by atoms with Crippen molar-refractivity contribution in [1.82, 2.24) is 15.3 Å². The average molecular weight is 244 g/mol. The van der Waals surface area contributed by atoms with Gasteiger partial charge < -0.3 is 15.0 Å². The lowest BCUT2D eigenvalue weighted by atomic mass is 10.2. The van der Waals surface area contributed by atoms with Gasteiger partial charge in [0, 0.05) is 31.9 Å². The number of anilines is 1. The minimum absolute atomic E-state index is 0.553. The summed E-state index contributed by atoms with van der Waals surface area (Å²) in [4.78, 5) is 11.1. The Hall–Kier alpha value is -1.88. The second-order valence-electron chi connectivity index (χ2n) is 4.32. The zero-order valence-corrected chi connectivity index (χ0v) is 10.4. The van der Waals surface area contributed by atoms with Crippen LogP contribution in [-0.2, 0) is 0 Å². The first-order chi connectivity index (χ1) is 8.86. The summed E-state index contributed by atoms with van der Waals surface area (Å²) in [6, 6.07) is 6.19. The Kier molecular flexibility index (Phi) is 2.98. The SMILES string of the molecule is COc1cnc2cc(N3CCNCC3)ccc2n1. The minimum Gasteiger partial charge on any atom is -0.480 e. The predicted octanol–water partition coefficient (Wildman–Crippen LogP) is 1.05. The summed E-state index contributed by atoms with van der Waals surface area (Å²) < 4.78 is 5.08. The van der Waals surface area contributed by atoms with E-state index in [-0.39, 0.29) is 0 Å². The number of methoxy groups -OCH3 is 1. The molecule has 1 aromatic heterocycles. The Labute approximate surface area is 106 Å². The molecule has 0 aliphatic carbocycles. The zero-order valence-electron chi connectivity index (χ0n) is 10.4. The van der Waals surface area contributed by atoms with Gasteiger partial charge in [-0.25, -0.2) is 9.97 Å². The van der Waals surface area contributed by atoms with Gasteiger partial charge in [0.2, 0.25) is 5.88 Å². The molecule has 3 rings (SSSR count). The van der Waals surface area contributed by atoms with Crippen molar-refractivity contribution in [1.29, 1.82) is 0 Å². The molecule has 1 N–H and O–H groups in total. The lowest BCUT2D eigenvalue weighted by Crippen LogP contribution is -2.43. The van der Waals surface area contributed by atoms with Crippen LogP contribution in [0.25, 0.3) is 11.0 Å². The number of piperazine rings is 1. The van der Waals surface area contributed by atoms with Crippen LogP contribution in [0.1, 0.15) is 0 Å². The first-order valence-electron chi connectivity index (χ1n) is 6.13. The van der Waals surface area contributed by atoms with Crippen LogP contribution in [0.4, 0.5) is 5.69 Å². The minimum atomic E-state index is 0.553. The maximum Gasteiger partial charge on any atom is 0.232 e. The van der Waals surface area contributed by atoms with Gasteiger partial charge in [-0.2, -0.15) is 0 Å². The molecule has 0 radical (unpaired) electrons. The zero-order chi connectivity index (χ0) is 12.4. The molecule has 5 heteroatoms. The number of hydrogen-bond acceptors (Lipinski definition) is 5. The molecule has 1 aliphatic rings. The fourth-order valence-corrected chi connectivity index (χ4v) is 2.20. The molecule has 5 nitrogen and oxygen atoms in total. The quantitative estimate of drug-likeness (QED) is 0.855. The number of hydrogen-bond donors (Lipinski definition) is 1. The molecular weight excluding hydrogens is 228 g/mol. The first kappa shape index (κ1) is 11.2. The van der Waals surface area contributed by atoms with Crippen molar-refractivity contribution < 1.29 is 4.74 Å². The highest BCUT2D eigenvalue weighted by molar-refractivity contribution is 5.79. The van der Waals surface area contributed by atoms with Gasteiger partial charge in [0.1, 0.15) is 0 Å². The van der Waals surface area contributed by atoms with Crippen molar-refractivity contribution in [3.8, 4) is 5.88 Å². The first-order valence-corrected chi connectivity index (χ1v) is 6.13. The molecule has 1 aromatic carbocycles. The average Bonchev–Trinajstić information content (AvgIpc) is 2.47. The third kappa shape index (κ3) is 2.09. The highest BCUT2D eigenvalue weighted by Crippen LogP contribution is 2.21. The van der Waals surface area contributed by atoms with Gasteiger partial charge in [0.05, 0.1) is 24.3 Å². The van der Waals surface area contributed by atoms with E-state index < -0.39 is 0 Å². The number of ether oxygens (including phenoxy) is 1. The van der Waals surface area contributed by atoms with E-state index in [1.54, 1.807) is 13.3 Å². The fourth-order valence-electron chi connectivity index (χ4n) is 2.20. The Morgan fingerprint density at radius 2 is 2.06 bits per heavy atom. The van der Waals surface area contributed by atoms with E-state index in [0.29, 0.717) is 5.88 Å². The monoisotopic (exact) mass is 244 g/mol. The number of fused-ring (bicyclic) bond motifs is 1. The van der Waals surface area contributed by atoms with Crippen molar-refractivity contribution in [2.75, 3.05) is 38.2 Å². The highest BCUT2D eigenvalue weighted by atomic mass is 16.5. The van der Waals surface area contributed by atoms with Gasteiger partial charge in [0.15, 0.2) is 0 Å². The number of benzene rings is 1. The summed E-state index contributed by atoms with van der Waals surface area (Å²) in [6.07, 6.45) is 1.66. The van der Waals surface area contributed by atoms with Crippen molar-refractivity contribution in [3.05, 3.63) is 24.4 Å². The van der Waals surface area contributed by atoms with Crippen molar-refractivity contribution in [3.63, 3.8) is 0 Å². The van der Waals surface area contributed by atoms with E-state index in [1.807, 2.05) is 6.07 Å². The molecule has 0 saturated carbocycles. The maximum atomic E-state index is 5.08. The van der Waals surface area contributed by atoms with Crippen molar-refractivity contribution in [2.24, 2.45) is 0 Å². The molecule has 18 heavy (non-hydrogen) atoms. The van der Waals surface area contributed by atoms with Crippen LogP contribution in [-0.4, -0.2) is 43.3 Å². The Bertz CT molecular complexity index is 552. The van der Waals surface area contributed by atoms with E-state index in [9.17, 15) is 0 Å². The van der Waals surface area contributed by atoms with E-state index >= 15 is 0 Å². The van der Waals surface area contributed by atoms with Gasteiger partial charge in [-0.15, -0.1) is 0 Å². The van der Waals surface area contributed by atoms with Crippen LogP contribution in [0.15, 0.2) is 24.4 Å². The van der Waals surface area contributed by atoms with Gasteiger partial charge in [-0.3, -0.25) is 0 Å². The molecule has 1 fully saturated rings. The van der Waals surface area contributed by atoms with Crippen molar-refractivity contribution in [2.45, 2.75) is 0 Å². The summed E-state index contributed by atoms with van der Waals surface area (Å²) in [5, 5.41) is 3.35. The van der Waals surface area contributed by atoms with Gasteiger partial charge >= 0.3 is 0 Å². The van der Waals surface area contributed by atoms with E-state index in [4.69, 9.17) is 4.74 Å². The van der Waals surface area contributed by atoms with E-state index in [1.165, 1.54) is 5.69 Å². The molecule has 0 unspecified atom stereocenters. The second kappa shape index (κ2) is 4.78. The molecular formula is C13H16N4O. The molecule has 0 atom stereocenters. The van der Waals surface area contributed by atoms with Gasteiger partial charge in [-0.05, 0) is 18.2 Å². The Morgan fingerprint density at radius 3 is 2.83 bits per heavy atom. The number of nitrogens with zero attached hydrogens (tertiary/aromatic N) is 3. The standard InChI is InChI=1S/C13H16N4O/c1-18-13-9-15-12-8-10(2-3-11(12)16-13)17-6-4-14-5-7-17/h2-3,8-9,14H,4-7H2,1H3. The lowest BCUT2D eigenvalue weighted by Gasteiger charge is -2.29. The summed E-state index contributed by atoms with van der Waals surface area (Å²) in [7, 11) is 1.60. The molecule has 1 aliphatic heterocycles. The van der Waals surface area contributed by atoms with Crippen LogP contribution in [0, 0.1) is 0 Å². The van der Waals surface area contributed by atoms with Gasteiger partial charge in [0.25, 0.3) is 0 Å². The predicted molar refractivity (Wildman–Crippen MR) is 71.2 cm³/mol. The molecule has 2 heterocycles. The van der Waals surface area contributed by atoms with E-state index in [2.05, 4.69) is 32.3 Å². The molecule has 0 spiro atoms. The van der Waals surface area contributed by atoms with Crippen LogP contribution in [0.5, 0.6) is 5.88 Å². The lowest BCUT2D eigenvalue weighted by molar-refractivity contribution is 0.397. The largest absolute Gasteiger partial charge is 0.480 e. The fraction of sp³-hybridized carbons (Fsp3) is 0.385. The summed E-state index contributed by atoms with van der Waals surface area (Å²) in [5.41, 5.74) is 2.99. The third-order valence-corrected chi connectivity index (χ3v) is 3.19. The number of rotatable bonds is 2. The molecule has 0 amide bonds. The maximum absolute atomic E-state index is 5.08. The van der Waals surface area contributed by atoms with Gasteiger partial charge in [-0.1, -0.05) is 0 Å². The summed E-state index contributed by atoms with van der Waals surface area (Å²) in [6.45, 7) is 4.14. The third-order valence-electron chi connectivity index (χ3n) is 3.19. The Balaban J connectivity index is 1.95. The highest BCUT2D eigenvalue weighted by Gasteiger charge is 2.11. The van der Waals surface area contributed by atoms with Crippen LogP contribution in [0.2, 0.25) is 0 Å². The number of aromatic nitrogens is 2. The summed E-state index contributed by atoms with van der Waals surface area (Å²) >= 11 is 0. The molecule has 2 aromatic rings. The number of nitrogens with one attached hydrogen (secondary N) is 1. The smallest absolute Gasteiger partial charge is 0.232 e. The van der Waals surface area contributed by atoms with E-state index in [0.717, 1.165) is 37.2 Å². The van der Waals surface area contributed by atoms with Crippen LogP contribution >= 0.6 is 0 Å². The molecule has 0 bridgehead atoms. The second-order valence-corrected chi connectivity index (χ2v) is 4.32. The molecule has 1 saturated heterocycles. The summed E-state index contributed by atoms with van der Waals surface area (Å²) in [5.74, 6) is 0.553.